The standard InChI is InChI=1S/C23H19Cl2N3/c24-18-10-11-21(20(25)14-18)28-23-19(7-3-4-12-26-23)22(27-28)17-9-8-15-5-1-2-6-16(15)13-17/h1-2,5-6,8-11,13-14,26H,3-4,7,12H2. The van der Waals surface area contributed by atoms with Gasteiger partial charge in [0.2, 0.25) is 0 Å². The summed E-state index contributed by atoms with van der Waals surface area (Å²) in [7, 11) is 0. The fourth-order valence-electron chi connectivity index (χ4n) is 3.90. The Kier molecular flexibility index (Phi) is 4.50. The van der Waals surface area contributed by atoms with Gasteiger partial charge in [-0.3, -0.25) is 0 Å². The van der Waals surface area contributed by atoms with E-state index in [1.165, 1.54) is 16.3 Å². The van der Waals surface area contributed by atoms with Gasteiger partial charge >= 0.3 is 0 Å². The highest BCUT2D eigenvalue weighted by Gasteiger charge is 2.22. The van der Waals surface area contributed by atoms with Crippen molar-refractivity contribution in [3.8, 4) is 16.9 Å². The third kappa shape index (κ3) is 3.05. The van der Waals surface area contributed by atoms with Crippen LogP contribution in [0.2, 0.25) is 10.0 Å². The van der Waals surface area contributed by atoms with Crippen LogP contribution in [0.5, 0.6) is 0 Å². The third-order valence-electron chi connectivity index (χ3n) is 5.29. The van der Waals surface area contributed by atoms with E-state index < -0.39 is 0 Å². The summed E-state index contributed by atoms with van der Waals surface area (Å²) in [6.07, 6.45) is 3.27. The Labute approximate surface area is 173 Å². The van der Waals surface area contributed by atoms with Crippen molar-refractivity contribution in [2.45, 2.75) is 19.3 Å². The summed E-state index contributed by atoms with van der Waals surface area (Å²) in [5.74, 6) is 1.03. The van der Waals surface area contributed by atoms with E-state index in [1.54, 1.807) is 6.07 Å². The second kappa shape index (κ2) is 7.16. The van der Waals surface area contributed by atoms with Crippen LogP contribution in [0.3, 0.4) is 0 Å². The molecule has 4 aromatic rings. The average Bonchev–Trinajstić information content (AvgIpc) is 2.89. The molecule has 5 heteroatoms. The number of nitrogens with zero attached hydrogens (tertiary/aromatic N) is 2. The number of fused-ring (bicyclic) bond motifs is 2. The van der Waals surface area contributed by atoms with Crippen LogP contribution in [0.15, 0.2) is 60.7 Å². The first-order valence-electron chi connectivity index (χ1n) is 9.51. The SMILES string of the molecule is Clc1ccc(-n2nc(-c3ccc4ccccc4c3)c3c2NCCCC3)c(Cl)c1. The van der Waals surface area contributed by atoms with Crippen LogP contribution in [0.25, 0.3) is 27.7 Å². The fourth-order valence-corrected chi connectivity index (χ4v) is 4.39. The van der Waals surface area contributed by atoms with Crippen molar-refractivity contribution < 1.29 is 0 Å². The van der Waals surface area contributed by atoms with Crippen molar-refractivity contribution >= 4 is 39.8 Å². The lowest BCUT2D eigenvalue weighted by Gasteiger charge is -2.10. The number of aromatic nitrogens is 2. The first-order valence-corrected chi connectivity index (χ1v) is 10.3. The Bertz CT molecular complexity index is 1180. The van der Waals surface area contributed by atoms with Gasteiger partial charge in [0.1, 0.15) is 5.82 Å². The molecule has 0 bridgehead atoms. The van der Waals surface area contributed by atoms with Crippen LogP contribution < -0.4 is 5.32 Å². The first-order chi connectivity index (χ1) is 13.7. The van der Waals surface area contributed by atoms with E-state index in [1.807, 2.05) is 16.8 Å². The molecule has 2 heterocycles. The fraction of sp³-hybridized carbons (Fsp3) is 0.174. The zero-order valence-electron chi connectivity index (χ0n) is 15.3. The van der Waals surface area contributed by atoms with Crippen molar-refractivity contribution in [2.75, 3.05) is 11.9 Å². The summed E-state index contributed by atoms with van der Waals surface area (Å²) < 4.78 is 1.93. The van der Waals surface area contributed by atoms with Gasteiger partial charge in [-0.2, -0.15) is 5.10 Å². The average molecular weight is 408 g/mol. The first kappa shape index (κ1) is 17.6. The monoisotopic (exact) mass is 407 g/mol. The Morgan fingerprint density at radius 2 is 1.75 bits per heavy atom. The molecule has 1 aliphatic rings. The molecule has 0 unspecified atom stereocenters. The van der Waals surface area contributed by atoms with E-state index in [0.29, 0.717) is 10.0 Å². The quantitative estimate of drug-likeness (QED) is 0.398. The van der Waals surface area contributed by atoms with Crippen LogP contribution >= 0.6 is 23.2 Å². The maximum Gasteiger partial charge on any atom is 0.133 e. The van der Waals surface area contributed by atoms with Crippen LogP contribution in [0, 0.1) is 0 Å². The summed E-state index contributed by atoms with van der Waals surface area (Å²) in [5, 5.41) is 12.2. The molecule has 1 aromatic heterocycles. The molecule has 0 saturated carbocycles. The molecule has 0 fully saturated rings. The summed E-state index contributed by atoms with van der Waals surface area (Å²) >= 11 is 12.6. The molecular weight excluding hydrogens is 389 g/mol. The molecular formula is C23H19Cl2N3. The number of anilines is 1. The van der Waals surface area contributed by atoms with Gasteiger partial charge in [-0.25, -0.2) is 4.68 Å². The molecule has 5 rings (SSSR count). The Morgan fingerprint density at radius 3 is 2.61 bits per heavy atom. The lowest BCUT2D eigenvalue weighted by atomic mass is 10.0. The molecule has 140 valence electrons. The van der Waals surface area contributed by atoms with Crippen molar-refractivity contribution in [1.29, 1.82) is 0 Å². The van der Waals surface area contributed by atoms with Crippen LogP contribution in [0.1, 0.15) is 18.4 Å². The minimum atomic E-state index is 0.592. The van der Waals surface area contributed by atoms with Crippen LogP contribution in [-0.2, 0) is 6.42 Å². The number of benzene rings is 3. The van der Waals surface area contributed by atoms with Gasteiger partial charge in [-0.05, 0) is 54.3 Å². The highest BCUT2D eigenvalue weighted by Crippen LogP contribution is 2.36. The van der Waals surface area contributed by atoms with Crippen molar-refractivity contribution in [1.82, 2.24) is 9.78 Å². The van der Waals surface area contributed by atoms with E-state index >= 15 is 0 Å². The van der Waals surface area contributed by atoms with E-state index in [2.05, 4.69) is 47.8 Å². The zero-order chi connectivity index (χ0) is 19.1. The second-order valence-corrected chi connectivity index (χ2v) is 7.97. The maximum atomic E-state index is 6.51. The molecule has 0 aliphatic carbocycles. The van der Waals surface area contributed by atoms with Gasteiger partial charge < -0.3 is 5.32 Å². The molecule has 1 N–H and O–H groups in total. The third-order valence-corrected chi connectivity index (χ3v) is 5.83. The van der Waals surface area contributed by atoms with Gasteiger partial charge in [0, 0.05) is 22.7 Å². The van der Waals surface area contributed by atoms with Gasteiger partial charge in [0.25, 0.3) is 0 Å². The van der Waals surface area contributed by atoms with Gasteiger partial charge in [0.05, 0.1) is 16.4 Å². The summed E-state index contributed by atoms with van der Waals surface area (Å²) in [6, 6.07) is 20.5. The summed E-state index contributed by atoms with van der Waals surface area (Å²) in [5.41, 5.74) is 4.23. The molecule has 3 aromatic carbocycles. The predicted octanol–water partition coefficient (Wildman–Crippen LogP) is 6.75. The molecule has 1 aliphatic heterocycles. The number of rotatable bonds is 2. The molecule has 0 atom stereocenters. The van der Waals surface area contributed by atoms with Gasteiger partial charge in [-0.15, -0.1) is 0 Å². The largest absolute Gasteiger partial charge is 0.370 e. The topological polar surface area (TPSA) is 29.9 Å². The van der Waals surface area contributed by atoms with Crippen molar-refractivity contribution in [3.05, 3.63) is 76.3 Å². The number of hydrogen-bond acceptors (Lipinski definition) is 2. The van der Waals surface area contributed by atoms with Gasteiger partial charge in [-0.1, -0.05) is 59.6 Å². The minimum absolute atomic E-state index is 0.592. The number of nitrogens with one attached hydrogen (secondary N) is 1. The van der Waals surface area contributed by atoms with E-state index in [4.69, 9.17) is 28.3 Å². The van der Waals surface area contributed by atoms with Crippen molar-refractivity contribution in [2.24, 2.45) is 0 Å². The van der Waals surface area contributed by atoms with Crippen LogP contribution in [-0.4, -0.2) is 16.3 Å². The highest BCUT2D eigenvalue weighted by molar-refractivity contribution is 6.35. The Balaban J connectivity index is 1.72. The molecule has 0 saturated heterocycles. The maximum absolute atomic E-state index is 6.51. The molecule has 0 amide bonds. The smallest absolute Gasteiger partial charge is 0.133 e. The molecule has 0 spiro atoms. The Morgan fingerprint density at radius 1 is 0.893 bits per heavy atom. The molecule has 0 radical (unpaired) electrons. The van der Waals surface area contributed by atoms with E-state index in [9.17, 15) is 0 Å². The Hall–Kier alpha value is -2.49. The number of hydrogen-bond donors (Lipinski definition) is 1. The number of halogens is 2. The van der Waals surface area contributed by atoms with E-state index in [-0.39, 0.29) is 0 Å². The molecule has 28 heavy (non-hydrogen) atoms. The van der Waals surface area contributed by atoms with Gasteiger partial charge in [0.15, 0.2) is 0 Å². The highest BCUT2D eigenvalue weighted by atomic mass is 35.5. The minimum Gasteiger partial charge on any atom is -0.370 e. The lowest BCUT2D eigenvalue weighted by Crippen LogP contribution is -2.07. The lowest BCUT2D eigenvalue weighted by molar-refractivity contribution is 0.780. The van der Waals surface area contributed by atoms with Crippen LogP contribution in [0.4, 0.5) is 5.82 Å². The normalized spacial score (nSPS) is 13.8. The summed E-state index contributed by atoms with van der Waals surface area (Å²) in [6.45, 7) is 0.932. The summed E-state index contributed by atoms with van der Waals surface area (Å²) in [4.78, 5) is 0. The van der Waals surface area contributed by atoms with E-state index in [0.717, 1.165) is 48.6 Å². The van der Waals surface area contributed by atoms with Crippen molar-refractivity contribution in [3.63, 3.8) is 0 Å². The second-order valence-electron chi connectivity index (χ2n) is 7.13. The molecule has 3 nitrogen and oxygen atoms in total. The zero-order valence-corrected chi connectivity index (χ0v) is 16.8. The predicted molar refractivity (Wildman–Crippen MR) is 118 cm³/mol.